The summed E-state index contributed by atoms with van der Waals surface area (Å²) < 4.78 is 5.51. The number of para-hydroxylation sites is 1. The Morgan fingerprint density at radius 2 is 1.77 bits per heavy atom. The predicted octanol–water partition coefficient (Wildman–Crippen LogP) is 3.84. The monoisotopic (exact) mass is 297 g/mol. The maximum atomic E-state index is 12.4. The van der Waals surface area contributed by atoms with Crippen molar-refractivity contribution in [2.24, 2.45) is 0 Å². The van der Waals surface area contributed by atoms with Crippen molar-refractivity contribution < 1.29 is 9.53 Å². The molecule has 0 saturated heterocycles. The first-order valence-electron chi connectivity index (χ1n) is 7.77. The molecule has 0 aliphatic heterocycles. The first-order valence-corrected chi connectivity index (χ1v) is 7.77. The second kappa shape index (κ2) is 8.23. The van der Waals surface area contributed by atoms with E-state index in [1.807, 2.05) is 50.2 Å². The van der Waals surface area contributed by atoms with Crippen LogP contribution < -0.4 is 10.1 Å². The van der Waals surface area contributed by atoms with Gasteiger partial charge in [0.05, 0.1) is 12.2 Å². The molecule has 0 saturated carbocycles. The highest BCUT2D eigenvalue weighted by Gasteiger charge is 2.14. The van der Waals surface area contributed by atoms with Gasteiger partial charge in [0.2, 0.25) is 0 Å². The van der Waals surface area contributed by atoms with Gasteiger partial charge < -0.3 is 10.1 Å². The van der Waals surface area contributed by atoms with E-state index < -0.39 is 0 Å². The first-order chi connectivity index (χ1) is 10.7. The van der Waals surface area contributed by atoms with Gasteiger partial charge in [-0.2, -0.15) is 0 Å². The van der Waals surface area contributed by atoms with Crippen LogP contribution in [0.1, 0.15) is 36.2 Å². The van der Waals surface area contributed by atoms with Crippen LogP contribution in [-0.4, -0.2) is 18.6 Å². The highest BCUT2D eigenvalue weighted by molar-refractivity contribution is 5.97. The molecular weight excluding hydrogens is 274 g/mol. The summed E-state index contributed by atoms with van der Waals surface area (Å²) in [5, 5.41) is 3.05. The standard InChI is InChI=1S/C19H23NO2/c1-3-22-18-12-8-7-11-17(18)19(21)20-15(2)13-14-16-9-5-4-6-10-16/h4-12,15H,3,13-14H2,1-2H3,(H,20,21)/t15-/m0/s1. The molecule has 2 aromatic rings. The fourth-order valence-electron chi connectivity index (χ4n) is 2.34. The summed E-state index contributed by atoms with van der Waals surface area (Å²) in [6, 6.07) is 17.8. The van der Waals surface area contributed by atoms with Crippen molar-refractivity contribution in [1.29, 1.82) is 0 Å². The second-order valence-electron chi connectivity index (χ2n) is 5.33. The number of benzene rings is 2. The maximum absolute atomic E-state index is 12.4. The largest absolute Gasteiger partial charge is 0.493 e. The van der Waals surface area contributed by atoms with Gasteiger partial charge in [0.25, 0.3) is 5.91 Å². The molecule has 0 aliphatic rings. The van der Waals surface area contributed by atoms with E-state index in [0.29, 0.717) is 17.9 Å². The molecule has 116 valence electrons. The Bertz CT molecular complexity index is 595. The molecule has 0 fully saturated rings. The van der Waals surface area contributed by atoms with E-state index in [1.54, 1.807) is 6.07 Å². The van der Waals surface area contributed by atoms with E-state index in [1.165, 1.54) is 5.56 Å². The molecule has 2 aromatic carbocycles. The van der Waals surface area contributed by atoms with Crippen molar-refractivity contribution in [3.05, 3.63) is 65.7 Å². The zero-order chi connectivity index (χ0) is 15.8. The van der Waals surface area contributed by atoms with Gasteiger partial charge in [0, 0.05) is 6.04 Å². The summed E-state index contributed by atoms with van der Waals surface area (Å²) in [6.45, 7) is 4.50. The van der Waals surface area contributed by atoms with Crippen LogP contribution in [0.15, 0.2) is 54.6 Å². The molecule has 0 unspecified atom stereocenters. The molecule has 3 heteroatoms. The molecule has 3 nitrogen and oxygen atoms in total. The van der Waals surface area contributed by atoms with Gasteiger partial charge in [0.15, 0.2) is 0 Å². The molecule has 1 N–H and O–H groups in total. The molecule has 1 atom stereocenters. The Labute approximate surface area is 132 Å². The highest BCUT2D eigenvalue weighted by atomic mass is 16.5. The SMILES string of the molecule is CCOc1ccccc1C(=O)N[C@@H](C)CCc1ccccc1. The topological polar surface area (TPSA) is 38.3 Å². The maximum Gasteiger partial charge on any atom is 0.255 e. The van der Waals surface area contributed by atoms with Gasteiger partial charge >= 0.3 is 0 Å². The van der Waals surface area contributed by atoms with E-state index in [0.717, 1.165) is 12.8 Å². The van der Waals surface area contributed by atoms with E-state index in [2.05, 4.69) is 17.4 Å². The van der Waals surface area contributed by atoms with Crippen LogP contribution in [0, 0.1) is 0 Å². The second-order valence-corrected chi connectivity index (χ2v) is 5.33. The van der Waals surface area contributed by atoms with Gasteiger partial charge in [-0.25, -0.2) is 0 Å². The number of rotatable bonds is 7. The molecule has 0 heterocycles. The minimum atomic E-state index is -0.0791. The normalized spacial score (nSPS) is 11.7. The quantitative estimate of drug-likeness (QED) is 0.843. The molecular formula is C19H23NO2. The number of hydrogen-bond acceptors (Lipinski definition) is 2. The Morgan fingerprint density at radius 3 is 2.50 bits per heavy atom. The van der Waals surface area contributed by atoms with Gasteiger partial charge in [-0.15, -0.1) is 0 Å². The van der Waals surface area contributed by atoms with Crippen molar-refractivity contribution in [1.82, 2.24) is 5.32 Å². The zero-order valence-electron chi connectivity index (χ0n) is 13.2. The molecule has 0 radical (unpaired) electrons. The minimum Gasteiger partial charge on any atom is -0.493 e. The average Bonchev–Trinajstić information content (AvgIpc) is 2.55. The third-order valence-electron chi connectivity index (χ3n) is 3.52. The van der Waals surface area contributed by atoms with Crippen LogP contribution >= 0.6 is 0 Å². The summed E-state index contributed by atoms with van der Waals surface area (Å²) in [4.78, 5) is 12.4. The molecule has 22 heavy (non-hydrogen) atoms. The van der Waals surface area contributed by atoms with Crippen molar-refractivity contribution in [2.45, 2.75) is 32.7 Å². The van der Waals surface area contributed by atoms with E-state index in [4.69, 9.17) is 4.74 Å². The van der Waals surface area contributed by atoms with E-state index >= 15 is 0 Å². The number of hydrogen-bond donors (Lipinski definition) is 1. The van der Waals surface area contributed by atoms with Gasteiger partial charge in [-0.05, 0) is 44.4 Å². The summed E-state index contributed by atoms with van der Waals surface area (Å²) in [5.41, 5.74) is 1.88. The lowest BCUT2D eigenvalue weighted by Crippen LogP contribution is -2.33. The zero-order valence-corrected chi connectivity index (χ0v) is 13.2. The van der Waals surface area contributed by atoms with Crippen LogP contribution in [-0.2, 0) is 6.42 Å². The van der Waals surface area contributed by atoms with Crippen LogP contribution in [0.5, 0.6) is 5.75 Å². The number of amides is 1. The number of carbonyl (C=O) groups is 1. The third-order valence-corrected chi connectivity index (χ3v) is 3.52. The highest BCUT2D eigenvalue weighted by Crippen LogP contribution is 2.18. The Kier molecular flexibility index (Phi) is 6.01. The predicted molar refractivity (Wildman–Crippen MR) is 89.3 cm³/mol. The van der Waals surface area contributed by atoms with E-state index in [9.17, 15) is 4.79 Å². The van der Waals surface area contributed by atoms with Gasteiger partial charge in [-0.3, -0.25) is 4.79 Å². The lowest BCUT2D eigenvalue weighted by Gasteiger charge is -2.15. The van der Waals surface area contributed by atoms with Crippen molar-refractivity contribution >= 4 is 5.91 Å². The van der Waals surface area contributed by atoms with Crippen LogP contribution in [0.2, 0.25) is 0 Å². The first kappa shape index (κ1) is 16.1. The van der Waals surface area contributed by atoms with Crippen molar-refractivity contribution in [3.8, 4) is 5.75 Å². The van der Waals surface area contributed by atoms with Gasteiger partial charge in [-0.1, -0.05) is 42.5 Å². The third kappa shape index (κ3) is 4.62. The van der Waals surface area contributed by atoms with Crippen molar-refractivity contribution in [3.63, 3.8) is 0 Å². The molecule has 0 bridgehead atoms. The molecule has 0 aromatic heterocycles. The number of nitrogens with one attached hydrogen (secondary N) is 1. The van der Waals surface area contributed by atoms with Crippen LogP contribution in [0.3, 0.4) is 0 Å². The fourth-order valence-corrected chi connectivity index (χ4v) is 2.34. The van der Waals surface area contributed by atoms with Crippen LogP contribution in [0.25, 0.3) is 0 Å². The molecule has 0 aliphatic carbocycles. The fraction of sp³-hybridized carbons (Fsp3) is 0.316. The van der Waals surface area contributed by atoms with E-state index in [-0.39, 0.29) is 11.9 Å². The van der Waals surface area contributed by atoms with Crippen LogP contribution in [0.4, 0.5) is 0 Å². The summed E-state index contributed by atoms with van der Waals surface area (Å²) in [7, 11) is 0. The lowest BCUT2D eigenvalue weighted by atomic mass is 10.1. The number of ether oxygens (including phenoxy) is 1. The Morgan fingerprint density at radius 1 is 1.09 bits per heavy atom. The molecule has 0 spiro atoms. The molecule has 1 amide bonds. The number of aryl methyl sites for hydroxylation is 1. The Balaban J connectivity index is 1.91. The summed E-state index contributed by atoms with van der Waals surface area (Å²) >= 11 is 0. The number of carbonyl (C=O) groups excluding carboxylic acids is 1. The minimum absolute atomic E-state index is 0.0791. The summed E-state index contributed by atoms with van der Waals surface area (Å²) in [5.74, 6) is 0.558. The lowest BCUT2D eigenvalue weighted by molar-refractivity contribution is 0.0934. The molecule has 2 rings (SSSR count). The summed E-state index contributed by atoms with van der Waals surface area (Å²) in [6.07, 6.45) is 1.86. The van der Waals surface area contributed by atoms with Crippen molar-refractivity contribution in [2.75, 3.05) is 6.61 Å². The average molecular weight is 297 g/mol. The van der Waals surface area contributed by atoms with Gasteiger partial charge in [0.1, 0.15) is 5.75 Å². The smallest absolute Gasteiger partial charge is 0.255 e. The Hall–Kier alpha value is -2.29.